The molecule has 1 aliphatic rings. The lowest BCUT2D eigenvalue weighted by Crippen LogP contribution is -2.37. The van der Waals surface area contributed by atoms with Gasteiger partial charge in [-0.3, -0.25) is 5.10 Å². The first-order chi connectivity index (χ1) is 9.63. The highest BCUT2D eigenvalue weighted by atomic mass is 15.2. The summed E-state index contributed by atoms with van der Waals surface area (Å²) in [5.74, 6) is 1.97. The first-order valence-electron chi connectivity index (χ1n) is 7.00. The Morgan fingerprint density at radius 2 is 2.10 bits per heavy atom. The average molecular weight is 275 g/mol. The highest BCUT2D eigenvalue weighted by Crippen LogP contribution is 2.27. The van der Waals surface area contributed by atoms with Gasteiger partial charge in [0, 0.05) is 19.6 Å². The van der Waals surface area contributed by atoms with Crippen LogP contribution in [0.4, 0.5) is 11.8 Å². The van der Waals surface area contributed by atoms with Crippen LogP contribution in [-0.4, -0.2) is 58.8 Å². The van der Waals surface area contributed by atoms with Crippen molar-refractivity contribution >= 4 is 22.8 Å². The van der Waals surface area contributed by atoms with Crippen molar-refractivity contribution in [3.8, 4) is 0 Å². The number of nitrogens with one attached hydrogen (secondary N) is 1. The number of nitrogens with two attached hydrogens (primary N) is 1. The van der Waals surface area contributed by atoms with Crippen molar-refractivity contribution in [3.63, 3.8) is 0 Å². The van der Waals surface area contributed by atoms with Crippen LogP contribution in [0.5, 0.6) is 0 Å². The van der Waals surface area contributed by atoms with E-state index in [1.54, 1.807) is 6.20 Å². The number of H-pyrrole nitrogens is 1. The third-order valence-electron chi connectivity index (χ3n) is 3.84. The fourth-order valence-electron chi connectivity index (χ4n) is 2.92. The Morgan fingerprint density at radius 3 is 2.80 bits per heavy atom. The molecule has 0 spiro atoms. The van der Waals surface area contributed by atoms with Gasteiger partial charge in [0.05, 0.1) is 11.6 Å². The second-order valence-electron chi connectivity index (χ2n) is 5.73. The van der Waals surface area contributed by atoms with Crippen molar-refractivity contribution < 1.29 is 0 Å². The van der Waals surface area contributed by atoms with E-state index in [-0.39, 0.29) is 0 Å². The molecule has 0 aromatic carbocycles. The smallest absolute Gasteiger partial charge is 0.224 e. The van der Waals surface area contributed by atoms with Gasteiger partial charge in [-0.2, -0.15) is 15.1 Å². The van der Waals surface area contributed by atoms with E-state index in [4.69, 9.17) is 5.73 Å². The minimum Gasteiger partial charge on any atom is -0.368 e. The van der Waals surface area contributed by atoms with Gasteiger partial charge in [-0.15, -0.1) is 0 Å². The van der Waals surface area contributed by atoms with E-state index >= 15 is 0 Å². The first-order valence-corrected chi connectivity index (χ1v) is 7.00. The van der Waals surface area contributed by atoms with Gasteiger partial charge in [-0.1, -0.05) is 0 Å². The molecule has 0 unspecified atom stereocenters. The summed E-state index contributed by atoms with van der Waals surface area (Å²) >= 11 is 0. The van der Waals surface area contributed by atoms with Crippen LogP contribution in [0, 0.1) is 5.92 Å². The summed E-state index contributed by atoms with van der Waals surface area (Å²) < 4.78 is 0. The number of fused-ring (bicyclic) bond motifs is 1. The molecule has 0 saturated carbocycles. The molecule has 2 aromatic rings. The van der Waals surface area contributed by atoms with Gasteiger partial charge in [0.15, 0.2) is 5.65 Å². The zero-order chi connectivity index (χ0) is 14.1. The lowest BCUT2D eigenvalue weighted by Gasteiger charge is -2.34. The quantitative estimate of drug-likeness (QED) is 0.858. The zero-order valence-corrected chi connectivity index (χ0v) is 12.0. The van der Waals surface area contributed by atoms with Gasteiger partial charge in [0.1, 0.15) is 5.82 Å². The lowest BCUT2D eigenvalue weighted by molar-refractivity contribution is 0.285. The molecule has 0 atom stereocenters. The van der Waals surface area contributed by atoms with Gasteiger partial charge < -0.3 is 15.5 Å². The molecule has 108 valence electrons. The summed E-state index contributed by atoms with van der Waals surface area (Å²) in [7, 11) is 4.26. The van der Waals surface area contributed by atoms with E-state index < -0.39 is 0 Å². The summed E-state index contributed by atoms with van der Waals surface area (Å²) in [6, 6.07) is 0. The van der Waals surface area contributed by atoms with Crippen molar-refractivity contribution in [3.05, 3.63) is 6.20 Å². The second kappa shape index (κ2) is 5.24. The molecule has 0 bridgehead atoms. The Balaban J connectivity index is 1.78. The van der Waals surface area contributed by atoms with Crippen LogP contribution in [0.3, 0.4) is 0 Å². The summed E-state index contributed by atoms with van der Waals surface area (Å²) in [5.41, 5.74) is 6.49. The number of nitrogens with zero attached hydrogens (tertiary/aromatic N) is 5. The summed E-state index contributed by atoms with van der Waals surface area (Å²) in [4.78, 5) is 13.1. The van der Waals surface area contributed by atoms with E-state index in [1.807, 2.05) is 0 Å². The lowest BCUT2D eigenvalue weighted by atomic mass is 9.96. The van der Waals surface area contributed by atoms with Crippen molar-refractivity contribution in [2.45, 2.75) is 12.8 Å². The van der Waals surface area contributed by atoms with Crippen molar-refractivity contribution in [2.24, 2.45) is 5.92 Å². The number of aromatic nitrogens is 4. The fraction of sp³-hybridized carbons (Fsp3) is 0.615. The average Bonchev–Trinajstić information content (AvgIpc) is 2.86. The molecule has 0 aliphatic carbocycles. The standard InChI is InChI=1S/C13H21N7/c1-19(2)8-9-3-5-20(6-4-9)12-10-7-15-18-11(10)16-13(14)17-12/h7,9H,3-6,8H2,1-2H3,(H3,14,15,16,17,18). The monoisotopic (exact) mass is 275 g/mol. The highest BCUT2D eigenvalue weighted by molar-refractivity contribution is 5.87. The molecule has 3 N–H and O–H groups in total. The molecule has 7 nitrogen and oxygen atoms in total. The van der Waals surface area contributed by atoms with Crippen molar-refractivity contribution in [1.82, 2.24) is 25.1 Å². The minimum absolute atomic E-state index is 0.298. The summed E-state index contributed by atoms with van der Waals surface area (Å²) in [5, 5.41) is 7.85. The molecule has 3 rings (SSSR count). The number of nitrogen functional groups attached to an aromatic ring is 1. The Morgan fingerprint density at radius 1 is 1.35 bits per heavy atom. The molecule has 1 saturated heterocycles. The topological polar surface area (TPSA) is 87.0 Å². The van der Waals surface area contributed by atoms with Gasteiger partial charge in [-0.25, -0.2) is 0 Å². The maximum Gasteiger partial charge on any atom is 0.224 e. The number of aromatic amines is 1. The SMILES string of the molecule is CN(C)CC1CCN(c2nc(N)nc3[nH]ncc23)CC1. The van der Waals surface area contributed by atoms with Crippen LogP contribution in [0.1, 0.15) is 12.8 Å². The predicted octanol–water partition coefficient (Wildman–Crippen LogP) is 0.713. The predicted molar refractivity (Wildman–Crippen MR) is 79.6 cm³/mol. The zero-order valence-electron chi connectivity index (χ0n) is 12.0. The molecule has 3 heterocycles. The van der Waals surface area contributed by atoms with Crippen LogP contribution in [-0.2, 0) is 0 Å². The molecule has 1 aliphatic heterocycles. The Hall–Kier alpha value is -1.89. The molecule has 0 amide bonds. The number of anilines is 2. The third kappa shape index (κ3) is 2.53. The van der Waals surface area contributed by atoms with E-state index in [0.29, 0.717) is 11.6 Å². The van der Waals surface area contributed by atoms with Crippen LogP contribution in [0.15, 0.2) is 6.20 Å². The molecule has 7 heteroatoms. The highest BCUT2D eigenvalue weighted by Gasteiger charge is 2.22. The maximum absolute atomic E-state index is 5.78. The van der Waals surface area contributed by atoms with Crippen LogP contribution < -0.4 is 10.6 Å². The van der Waals surface area contributed by atoms with Gasteiger partial charge in [0.2, 0.25) is 5.95 Å². The first kappa shape index (κ1) is 13.1. The molecule has 1 fully saturated rings. The van der Waals surface area contributed by atoms with E-state index in [1.165, 1.54) is 12.8 Å². The van der Waals surface area contributed by atoms with Gasteiger partial charge in [0.25, 0.3) is 0 Å². The molecular formula is C13H21N7. The molecule has 20 heavy (non-hydrogen) atoms. The third-order valence-corrected chi connectivity index (χ3v) is 3.84. The van der Waals surface area contributed by atoms with Crippen molar-refractivity contribution in [2.75, 3.05) is 44.4 Å². The number of rotatable bonds is 3. The summed E-state index contributed by atoms with van der Waals surface area (Å²) in [6.45, 7) is 3.17. The molecular weight excluding hydrogens is 254 g/mol. The normalized spacial score (nSPS) is 17.2. The number of piperidine rings is 1. The van der Waals surface area contributed by atoms with Crippen LogP contribution >= 0.6 is 0 Å². The number of hydrogen-bond donors (Lipinski definition) is 2. The van der Waals surface area contributed by atoms with E-state index in [2.05, 4.69) is 44.1 Å². The van der Waals surface area contributed by atoms with Crippen LogP contribution in [0.25, 0.3) is 11.0 Å². The maximum atomic E-state index is 5.78. The number of hydrogen-bond acceptors (Lipinski definition) is 6. The largest absolute Gasteiger partial charge is 0.368 e. The molecule has 0 radical (unpaired) electrons. The van der Waals surface area contributed by atoms with E-state index in [9.17, 15) is 0 Å². The van der Waals surface area contributed by atoms with Gasteiger partial charge >= 0.3 is 0 Å². The van der Waals surface area contributed by atoms with Crippen LogP contribution in [0.2, 0.25) is 0 Å². The minimum atomic E-state index is 0.298. The van der Waals surface area contributed by atoms with E-state index in [0.717, 1.165) is 36.8 Å². The second-order valence-corrected chi connectivity index (χ2v) is 5.73. The summed E-state index contributed by atoms with van der Waals surface area (Å²) in [6.07, 6.45) is 4.14. The van der Waals surface area contributed by atoms with Crippen molar-refractivity contribution in [1.29, 1.82) is 0 Å². The Kier molecular flexibility index (Phi) is 3.43. The Bertz CT molecular complexity index is 583. The fourth-order valence-corrected chi connectivity index (χ4v) is 2.92. The molecule has 2 aromatic heterocycles. The van der Waals surface area contributed by atoms with Gasteiger partial charge in [-0.05, 0) is 32.9 Å². The Labute approximate surface area is 118 Å².